The Morgan fingerprint density at radius 2 is 2.30 bits per heavy atom. The van der Waals surface area contributed by atoms with Crippen LogP contribution in [0, 0.1) is 0 Å². The lowest BCUT2D eigenvalue weighted by atomic mass is 10.2. The van der Waals surface area contributed by atoms with E-state index < -0.39 is 5.97 Å². The topological polar surface area (TPSA) is 85.5 Å². The summed E-state index contributed by atoms with van der Waals surface area (Å²) in [6.45, 7) is 0. The zero-order chi connectivity index (χ0) is 14.5. The number of methoxy groups -OCH3 is 1. The van der Waals surface area contributed by atoms with E-state index in [4.69, 9.17) is 26.0 Å². The van der Waals surface area contributed by atoms with Gasteiger partial charge in [-0.15, -0.1) is 0 Å². The van der Waals surface area contributed by atoms with E-state index in [9.17, 15) is 4.79 Å². The molecule has 1 aromatic heterocycles. The number of hydrogen-bond donors (Lipinski definition) is 1. The van der Waals surface area contributed by atoms with E-state index in [2.05, 4.69) is 10.1 Å². The molecule has 2 aromatic rings. The fourth-order valence-corrected chi connectivity index (χ4v) is 1.87. The second-order valence-corrected chi connectivity index (χ2v) is 4.54. The van der Waals surface area contributed by atoms with Gasteiger partial charge in [0.15, 0.2) is 0 Å². The fourth-order valence-electron chi connectivity index (χ4n) is 1.71. The van der Waals surface area contributed by atoms with Gasteiger partial charge in [0.1, 0.15) is 5.75 Å². The van der Waals surface area contributed by atoms with E-state index in [0.717, 1.165) is 0 Å². The maximum atomic E-state index is 10.4. The third-order valence-corrected chi connectivity index (χ3v) is 2.89. The molecule has 0 aliphatic carbocycles. The maximum Gasteiger partial charge on any atom is 0.303 e. The lowest BCUT2D eigenvalue weighted by Crippen LogP contribution is -1.96. The van der Waals surface area contributed by atoms with Crippen LogP contribution in [0.3, 0.4) is 0 Å². The molecule has 1 heterocycles. The first-order chi connectivity index (χ1) is 9.60. The number of rotatable bonds is 6. The van der Waals surface area contributed by atoms with Crippen molar-refractivity contribution in [2.75, 3.05) is 7.11 Å². The molecule has 20 heavy (non-hydrogen) atoms. The van der Waals surface area contributed by atoms with Crippen molar-refractivity contribution >= 4 is 17.6 Å². The zero-order valence-corrected chi connectivity index (χ0v) is 11.6. The van der Waals surface area contributed by atoms with Gasteiger partial charge in [-0.1, -0.05) is 16.8 Å². The molecule has 0 aliphatic rings. The van der Waals surface area contributed by atoms with Crippen LogP contribution in [0.4, 0.5) is 0 Å². The van der Waals surface area contributed by atoms with Crippen molar-refractivity contribution < 1.29 is 19.2 Å². The number of nitrogens with zero attached hydrogens (tertiary/aromatic N) is 2. The predicted octanol–water partition coefficient (Wildman–Crippen LogP) is 2.81. The second kappa shape index (κ2) is 6.38. The molecule has 0 bridgehead atoms. The number of aryl methyl sites for hydroxylation is 1. The van der Waals surface area contributed by atoms with Crippen LogP contribution < -0.4 is 4.74 Å². The molecule has 0 amide bonds. The summed E-state index contributed by atoms with van der Waals surface area (Å²) in [5.41, 5.74) is 0.671. The summed E-state index contributed by atoms with van der Waals surface area (Å²) in [4.78, 5) is 14.7. The fraction of sp³-hybridized carbons (Fsp3) is 0.308. The molecular formula is C13H13ClN2O4. The van der Waals surface area contributed by atoms with Crippen molar-refractivity contribution in [3.8, 4) is 17.1 Å². The van der Waals surface area contributed by atoms with Crippen LogP contribution in [-0.2, 0) is 11.2 Å². The summed E-state index contributed by atoms with van der Waals surface area (Å²) >= 11 is 5.89. The van der Waals surface area contributed by atoms with Gasteiger partial charge in [0.25, 0.3) is 0 Å². The van der Waals surface area contributed by atoms with E-state index in [0.29, 0.717) is 40.9 Å². The molecule has 2 rings (SSSR count). The Bertz CT molecular complexity index is 612. The number of benzene rings is 1. The van der Waals surface area contributed by atoms with E-state index in [-0.39, 0.29) is 6.42 Å². The number of aromatic nitrogens is 2. The van der Waals surface area contributed by atoms with Crippen LogP contribution in [0.25, 0.3) is 11.4 Å². The summed E-state index contributed by atoms with van der Waals surface area (Å²) in [6, 6.07) is 5.12. The van der Waals surface area contributed by atoms with Gasteiger partial charge in [-0.2, -0.15) is 4.98 Å². The van der Waals surface area contributed by atoms with E-state index in [1.807, 2.05) is 0 Å². The Morgan fingerprint density at radius 1 is 1.50 bits per heavy atom. The number of halogens is 1. The Morgan fingerprint density at radius 3 is 3.00 bits per heavy atom. The first-order valence-corrected chi connectivity index (χ1v) is 6.36. The molecule has 1 N–H and O–H groups in total. The van der Waals surface area contributed by atoms with Crippen LogP contribution >= 0.6 is 11.6 Å². The van der Waals surface area contributed by atoms with Gasteiger partial charge in [0.2, 0.25) is 11.7 Å². The average molecular weight is 297 g/mol. The summed E-state index contributed by atoms with van der Waals surface area (Å²) in [7, 11) is 1.53. The Balaban J connectivity index is 2.14. The van der Waals surface area contributed by atoms with Gasteiger partial charge in [-0.05, 0) is 24.6 Å². The highest BCUT2D eigenvalue weighted by Gasteiger charge is 2.13. The Hall–Kier alpha value is -2.08. The molecule has 0 aliphatic heterocycles. The minimum absolute atomic E-state index is 0.0714. The number of carboxylic acid groups (broad SMARTS) is 1. The van der Waals surface area contributed by atoms with E-state index in [1.165, 1.54) is 7.11 Å². The third kappa shape index (κ3) is 3.48. The minimum Gasteiger partial charge on any atom is -0.496 e. The number of aliphatic carboxylic acids is 1. The third-order valence-electron chi connectivity index (χ3n) is 2.65. The molecule has 0 radical (unpaired) electrons. The minimum atomic E-state index is -0.843. The molecule has 106 valence electrons. The highest BCUT2D eigenvalue weighted by Crippen LogP contribution is 2.30. The molecule has 0 saturated heterocycles. The van der Waals surface area contributed by atoms with Gasteiger partial charge < -0.3 is 14.4 Å². The molecule has 0 fully saturated rings. The van der Waals surface area contributed by atoms with Crippen LogP contribution in [0.2, 0.25) is 5.02 Å². The maximum absolute atomic E-state index is 10.4. The monoisotopic (exact) mass is 296 g/mol. The lowest BCUT2D eigenvalue weighted by molar-refractivity contribution is -0.137. The van der Waals surface area contributed by atoms with Gasteiger partial charge in [0.05, 0.1) is 12.7 Å². The Labute approximate surface area is 120 Å². The van der Waals surface area contributed by atoms with Crippen molar-refractivity contribution in [2.45, 2.75) is 19.3 Å². The van der Waals surface area contributed by atoms with Crippen LogP contribution in [-0.4, -0.2) is 28.3 Å². The summed E-state index contributed by atoms with van der Waals surface area (Å²) in [6.07, 6.45) is 0.950. The normalized spacial score (nSPS) is 10.5. The predicted molar refractivity (Wildman–Crippen MR) is 71.9 cm³/mol. The first-order valence-electron chi connectivity index (χ1n) is 5.98. The first kappa shape index (κ1) is 14.3. The summed E-state index contributed by atoms with van der Waals surface area (Å²) < 4.78 is 10.3. The molecule has 0 spiro atoms. The summed E-state index contributed by atoms with van der Waals surface area (Å²) in [5.74, 6) is 0.501. The van der Waals surface area contributed by atoms with Crippen molar-refractivity contribution in [3.63, 3.8) is 0 Å². The van der Waals surface area contributed by atoms with Gasteiger partial charge in [-0.25, -0.2) is 0 Å². The number of hydrogen-bond acceptors (Lipinski definition) is 5. The van der Waals surface area contributed by atoms with Gasteiger partial charge in [-0.3, -0.25) is 4.79 Å². The van der Waals surface area contributed by atoms with Crippen molar-refractivity contribution in [1.82, 2.24) is 10.1 Å². The SMILES string of the molecule is COc1cc(Cl)ccc1-c1noc(CCCC(=O)O)n1. The quantitative estimate of drug-likeness (QED) is 0.882. The average Bonchev–Trinajstić information content (AvgIpc) is 2.86. The summed E-state index contributed by atoms with van der Waals surface area (Å²) in [5, 5.41) is 13.0. The molecule has 0 atom stereocenters. The smallest absolute Gasteiger partial charge is 0.303 e. The molecule has 6 nitrogen and oxygen atoms in total. The van der Waals surface area contributed by atoms with Gasteiger partial charge >= 0.3 is 5.97 Å². The number of carbonyl (C=O) groups is 1. The standard InChI is InChI=1S/C13H13ClN2O4/c1-19-10-7-8(14)5-6-9(10)13-15-11(20-16-13)3-2-4-12(17)18/h5-7H,2-4H2,1H3,(H,17,18). The van der Waals surface area contributed by atoms with Crippen molar-refractivity contribution in [2.24, 2.45) is 0 Å². The van der Waals surface area contributed by atoms with Crippen molar-refractivity contribution in [3.05, 3.63) is 29.1 Å². The van der Waals surface area contributed by atoms with E-state index >= 15 is 0 Å². The van der Waals surface area contributed by atoms with Crippen molar-refractivity contribution in [1.29, 1.82) is 0 Å². The molecular weight excluding hydrogens is 284 g/mol. The highest BCUT2D eigenvalue weighted by atomic mass is 35.5. The second-order valence-electron chi connectivity index (χ2n) is 4.10. The van der Waals surface area contributed by atoms with Crippen LogP contribution in [0.1, 0.15) is 18.7 Å². The van der Waals surface area contributed by atoms with Crippen LogP contribution in [0.5, 0.6) is 5.75 Å². The lowest BCUT2D eigenvalue weighted by Gasteiger charge is -2.04. The number of ether oxygens (including phenoxy) is 1. The molecule has 7 heteroatoms. The highest BCUT2D eigenvalue weighted by molar-refractivity contribution is 6.30. The largest absolute Gasteiger partial charge is 0.496 e. The number of carboxylic acids is 1. The molecule has 1 aromatic carbocycles. The van der Waals surface area contributed by atoms with Gasteiger partial charge in [0, 0.05) is 17.9 Å². The Kier molecular flexibility index (Phi) is 4.57. The van der Waals surface area contributed by atoms with E-state index in [1.54, 1.807) is 18.2 Å². The molecule has 0 saturated carbocycles. The zero-order valence-electron chi connectivity index (χ0n) is 10.8. The van der Waals surface area contributed by atoms with Crippen LogP contribution in [0.15, 0.2) is 22.7 Å². The molecule has 0 unspecified atom stereocenters.